The second-order valence-electron chi connectivity index (χ2n) is 4.96. The van der Waals surface area contributed by atoms with E-state index in [1.54, 1.807) is 0 Å². The van der Waals surface area contributed by atoms with Crippen molar-refractivity contribution in [1.82, 2.24) is 0 Å². The summed E-state index contributed by atoms with van der Waals surface area (Å²) in [5.41, 5.74) is -5.48. The van der Waals surface area contributed by atoms with E-state index in [0.29, 0.717) is 0 Å². The molecule has 0 fully saturated rings. The maximum absolute atomic E-state index is 10.3. The van der Waals surface area contributed by atoms with Gasteiger partial charge in [0.25, 0.3) is 0 Å². The summed E-state index contributed by atoms with van der Waals surface area (Å²) >= 11 is 0. The molecule has 0 amide bonds. The molecule has 0 radical (unpaired) electrons. The molecule has 0 aromatic carbocycles. The molecule has 0 heterocycles. The molecule has 0 aliphatic carbocycles. The quantitative estimate of drug-likeness (QED) is 0.103. The van der Waals surface area contributed by atoms with Crippen molar-refractivity contribution < 1.29 is 97.0 Å². The van der Waals surface area contributed by atoms with Gasteiger partial charge in [0.05, 0.1) is 25.7 Å². The average molecular weight is 643 g/mol. The fraction of sp³-hybridized carbons (Fsp3) is 0.500. The van der Waals surface area contributed by atoms with E-state index in [1.165, 1.54) is 0 Å². The average Bonchev–Trinajstić information content (AvgIpc) is 2.34. The third-order valence-electron chi connectivity index (χ3n) is 2.57. The van der Waals surface area contributed by atoms with Crippen molar-refractivity contribution in [3.63, 3.8) is 0 Å². The van der Waals surface area contributed by atoms with Gasteiger partial charge in [0.2, 0.25) is 0 Å². The fourth-order valence-corrected chi connectivity index (χ4v) is 1.43. The molecule has 0 unspecified atom stereocenters. The van der Waals surface area contributed by atoms with E-state index in [9.17, 15) is 28.8 Å². The van der Waals surface area contributed by atoms with E-state index in [2.05, 4.69) is 0 Å². The molecule has 0 aromatic heterocycles. The summed E-state index contributed by atoms with van der Waals surface area (Å²) in [5, 5.41) is 67.6. The Bertz CT molecular complexity index is 529. The number of hydrogen-bond donors (Lipinski definition) is 8. The van der Waals surface area contributed by atoms with Crippen LogP contribution in [0.2, 0.25) is 0 Å². The van der Waals surface area contributed by atoms with Crippen LogP contribution in [0, 0.1) is 0 Å². The third-order valence-corrected chi connectivity index (χ3v) is 2.57. The zero-order valence-electron chi connectivity index (χ0n) is 15.4. The molecule has 0 bridgehead atoms. The Balaban J connectivity index is -0.0000000291. The number of carboxylic acids is 6. The Morgan fingerprint density at radius 1 is 0.400 bits per heavy atom. The van der Waals surface area contributed by atoms with Gasteiger partial charge >= 0.3 is 187 Å². The van der Waals surface area contributed by atoms with Crippen molar-refractivity contribution in [1.29, 1.82) is 0 Å². The topological polar surface area (TPSA) is 422 Å². The first-order valence-electron chi connectivity index (χ1n) is 6.34. The van der Waals surface area contributed by atoms with Crippen LogP contribution < -0.4 is 0 Å². The van der Waals surface area contributed by atoms with E-state index < -0.39 is 72.7 Å². The summed E-state index contributed by atoms with van der Waals surface area (Å²) in [4.78, 5) is 61.0. The van der Waals surface area contributed by atoms with Crippen LogP contribution in [0.25, 0.3) is 0 Å². The second-order valence-corrected chi connectivity index (χ2v) is 4.96. The van der Waals surface area contributed by atoms with Gasteiger partial charge in [0.1, 0.15) is 0 Å². The number of carbonyl (C=O) groups is 6. The molecule has 0 spiro atoms. The van der Waals surface area contributed by atoms with Crippen LogP contribution in [0.3, 0.4) is 0 Å². The summed E-state index contributed by atoms with van der Waals surface area (Å²) in [6.45, 7) is 0. The minimum atomic E-state index is -2.74. The normalized spacial score (nSPS) is 8.06. The molecule has 23 heteroatoms. The van der Waals surface area contributed by atoms with Gasteiger partial charge in [0, 0.05) is 0 Å². The van der Waals surface area contributed by atoms with Gasteiger partial charge in [-0.05, 0) is 0 Å². The second kappa shape index (κ2) is 33.6. The van der Waals surface area contributed by atoms with Crippen LogP contribution in [0.15, 0.2) is 0 Å². The number of rotatable bonds is 10. The van der Waals surface area contributed by atoms with E-state index in [0.717, 1.165) is 0 Å². The molecule has 0 aromatic rings. The monoisotopic (exact) mass is 642 g/mol. The predicted molar refractivity (Wildman–Crippen MR) is 126 cm³/mol. The van der Waals surface area contributed by atoms with Crippen molar-refractivity contribution in [3.8, 4) is 0 Å². The predicted octanol–water partition coefficient (Wildman–Crippen LogP) is -10.3. The Labute approximate surface area is 315 Å². The maximum atomic E-state index is 10.3. The number of aliphatic hydroxyl groups is 2. The van der Waals surface area contributed by atoms with Crippen molar-refractivity contribution in [3.05, 3.63) is 0 Å². The van der Waals surface area contributed by atoms with E-state index >= 15 is 0 Å². The van der Waals surface area contributed by atoms with Crippen LogP contribution in [-0.4, -0.2) is 266 Å². The van der Waals surface area contributed by atoms with Crippen LogP contribution in [-0.2, 0) is 28.8 Å². The first-order chi connectivity index (χ1) is 11.6. The Morgan fingerprint density at radius 2 is 0.514 bits per heavy atom. The van der Waals surface area contributed by atoms with E-state index in [4.69, 9.17) is 40.9 Å². The molecule has 0 atom stereocenters. The van der Waals surface area contributed by atoms with Gasteiger partial charge in [-0.3, -0.25) is 19.2 Å². The third kappa shape index (κ3) is 35.6. The Kier molecular flexibility index (Phi) is 68.0. The van der Waals surface area contributed by atoms with Crippen molar-refractivity contribution in [2.24, 2.45) is 0 Å². The minimum absolute atomic E-state index is 0. The summed E-state index contributed by atoms with van der Waals surface area (Å²) in [6.07, 6.45) is -4.58. The molecule has 0 saturated carbocycles. The van der Waals surface area contributed by atoms with E-state index in [1.807, 2.05) is 0 Å². The van der Waals surface area contributed by atoms with Crippen molar-refractivity contribution in [2.45, 2.75) is 36.9 Å². The summed E-state index contributed by atoms with van der Waals surface area (Å²) < 4.78 is 0. The van der Waals surface area contributed by atoms with Gasteiger partial charge in [-0.1, -0.05) is 0 Å². The molecule has 0 saturated heterocycles. The first-order valence-corrected chi connectivity index (χ1v) is 6.34. The van der Waals surface area contributed by atoms with Gasteiger partial charge < -0.3 is 68.2 Å². The zero-order valence-corrected chi connectivity index (χ0v) is 15.4. The van der Waals surface area contributed by atoms with Gasteiger partial charge in [0.15, 0.2) is 11.2 Å². The van der Waals surface area contributed by atoms with Gasteiger partial charge in [-0.2, -0.15) is 0 Å². The number of hydrogen-bond acceptors (Lipinski definition) is 8. The summed E-state index contributed by atoms with van der Waals surface area (Å²) in [7, 11) is 0. The molecule has 18 N–H and O–H groups in total. The summed E-state index contributed by atoms with van der Waals surface area (Å²) in [5.74, 6) is -10.0. The molecule has 204 valence electrons. The Morgan fingerprint density at radius 3 is 0.571 bits per heavy atom. The molecular formula is C12H34Ca4O19. The molecule has 0 rings (SSSR count). The fourth-order valence-electron chi connectivity index (χ4n) is 1.43. The number of aliphatic carboxylic acids is 6. The molecular weight excluding hydrogens is 608 g/mol. The van der Waals surface area contributed by atoms with Crippen LogP contribution >= 0.6 is 0 Å². The van der Waals surface area contributed by atoms with E-state index in [-0.39, 0.29) is 178 Å². The Hall–Kier alpha value is 1.58. The standard InChI is InChI=1S/2C6H8O7.4Ca.5H2O.8H/c2*7-3(8)1-6(13,5(11)12)2-4(9)10;;;;;;;;;;;;;;;;;/h2*13H,1-2H2,(H,7,8)(H,9,10)(H,11,12);;;;;5*1H2;;;;;;;;. The summed E-state index contributed by atoms with van der Waals surface area (Å²) in [6, 6.07) is 0. The number of carboxylic acid groups (broad SMARTS) is 6. The van der Waals surface area contributed by atoms with Crippen LogP contribution in [0.4, 0.5) is 0 Å². The molecule has 35 heavy (non-hydrogen) atoms. The van der Waals surface area contributed by atoms with Crippen LogP contribution in [0.1, 0.15) is 25.7 Å². The SMILES string of the molecule is O.O.O.O.O.O=C(O)CC(O)(CC(=O)O)C(=O)O.O=C(O)CC(O)(CC(=O)O)C(=O)O.[CaH2].[CaH2].[CaH2].[CaH2]. The van der Waals surface area contributed by atoms with Gasteiger partial charge in [-0.15, -0.1) is 0 Å². The van der Waals surface area contributed by atoms with Crippen molar-refractivity contribution >= 4 is 187 Å². The first kappa shape index (κ1) is 70.8. The molecule has 0 aliphatic heterocycles. The van der Waals surface area contributed by atoms with Crippen LogP contribution in [0.5, 0.6) is 0 Å². The molecule has 0 aliphatic rings. The zero-order chi connectivity index (χ0) is 21.3. The van der Waals surface area contributed by atoms with Gasteiger partial charge in [-0.25, -0.2) is 9.59 Å². The van der Waals surface area contributed by atoms with Crippen molar-refractivity contribution in [2.75, 3.05) is 0 Å². The molecule has 19 nitrogen and oxygen atoms in total.